The summed E-state index contributed by atoms with van der Waals surface area (Å²) in [4.78, 5) is 0. The topological polar surface area (TPSA) is 27.7 Å². The van der Waals surface area contributed by atoms with Crippen molar-refractivity contribution in [1.29, 1.82) is 0 Å². The Balaban J connectivity index is 0.00000141. The maximum Gasteiger partial charge on any atom is 0.196 e. The molecule has 0 aromatic carbocycles. The van der Waals surface area contributed by atoms with Crippen molar-refractivity contribution >= 4 is 0 Å². The fourth-order valence-corrected chi connectivity index (χ4v) is 4.00. The zero-order valence-electron chi connectivity index (χ0n) is 20.1. The second-order valence-electron chi connectivity index (χ2n) is 8.90. The first-order chi connectivity index (χ1) is 14.4. The van der Waals surface area contributed by atoms with Crippen molar-refractivity contribution in [1.82, 2.24) is 0 Å². The molecule has 0 saturated carbocycles. The molecule has 0 aromatic rings. The van der Waals surface area contributed by atoms with Crippen LogP contribution in [0, 0.1) is 17.8 Å². The summed E-state index contributed by atoms with van der Waals surface area (Å²) in [5, 5.41) is 0. The van der Waals surface area contributed by atoms with Crippen molar-refractivity contribution in [3.63, 3.8) is 0 Å². The van der Waals surface area contributed by atoms with Gasteiger partial charge in [-0.1, -0.05) is 47.5 Å². The van der Waals surface area contributed by atoms with Crippen molar-refractivity contribution in [3.05, 3.63) is 23.0 Å². The van der Waals surface area contributed by atoms with Crippen LogP contribution < -0.4 is 0 Å². The Morgan fingerprint density at radius 3 is 2.30 bits per heavy atom. The van der Waals surface area contributed by atoms with Gasteiger partial charge in [0.25, 0.3) is 0 Å². The Morgan fingerprint density at radius 2 is 1.73 bits per heavy atom. The van der Waals surface area contributed by atoms with Crippen LogP contribution >= 0.6 is 0 Å². The SMILES string of the molecule is CCC.CCCC1CCC(OCC(C)CCC(C)C2=C(F)C(F)=C(OC)CC2)OC1. The Labute approximate surface area is 183 Å². The molecule has 0 aromatic heterocycles. The molecule has 4 atom stereocenters. The van der Waals surface area contributed by atoms with Crippen molar-refractivity contribution in [2.24, 2.45) is 17.8 Å². The van der Waals surface area contributed by atoms with Crippen LogP contribution in [0.1, 0.15) is 92.4 Å². The molecule has 0 N–H and O–H groups in total. The highest BCUT2D eigenvalue weighted by Gasteiger charge is 2.27. The van der Waals surface area contributed by atoms with Gasteiger partial charge in [-0.15, -0.1) is 0 Å². The van der Waals surface area contributed by atoms with E-state index in [0.717, 1.165) is 25.9 Å². The van der Waals surface area contributed by atoms with E-state index in [1.165, 1.54) is 32.8 Å². The molecule has 0 amide bonds. The van der Waals surface area contributed by atoms with Gasteiger partial charge in [-0.2, -0.15) is 0 Å². The Bertz CT molecular complexity index is 537. The fraction of sp³-hybridized carbons (Fsp3) is 0.840. The Morgan fingerprint density at radius 1 is 1.03 bits per heavy atom. The van der Waals surface area contributed by atoms with Crippen LogP contribution in [0.4, 0.5) is 8.78 Å². The van der Waals surface area contributed by atoms with Crippen LogP contribution in [0.25, 0.3) is 0 Å². The molecule has 0 spiro atoms. The van der Waals surface area contributed by atoms with E-state index in [0.29, 0.717) is 36.9 Å². The highest BCUT2D eigenvalue weighted by Crippen LogP contribution is 2.37. The summed E-state index contributed by atoms with van der Waals surface area (Å²) in [7, 11) is 1.39. The van der Waals surface area contributed by atoms with Crippen LogP contribution in [0.2, 0.25) is 0 Å². The Hall–Kier alpha value is -0.940. The average molecular weight is 431 g/mol. The number of methoxy groups -OCH3 is 1. The first-order valence-electron chi connectivity index (χ1n) is 11.9. The van der Waals surface area contributed by atoms with E-state index in [2.05, 4.69) is 27.7 Å². The first kappa shape index (κ1) is 27.1. The molecule has 1 aliphatic heterocycles. The molecule has 0 radical (unpaired) electrons. The van der Waals surface area contributed by atoms with Gasteiger partial charge in [0.2, 0.25) is 0 Å². The van der Waals surface area contributed by atoms with Gasteiger partial charge in [-0.3, -0.25) is 0 Å². The molecule has 5 heteroatoms. The number of rotatable bonds is 10. The number of hydrogen-bond donors (Lipinski definition) is 0. The van der Waals surface area contributed by atoms with Crippen molar-refractivity contribution in [3.8, 4) is 0 Å². The van der Waals surface area contributed by atoms with Gasteiger partial charge in [0.15, 0.2) is 17.9 Å². The summed E-state index contributed by atoms with van der Waals surface area (Å²) in [6, 6.07) is 0. The average Bonchev–Trinajstić information content (AvgIpc) is 2.74. The van der Waals surface area contributed by atoms with Gasteiger partial charge < -0.3 is 14.2 Å². The third-order valence-corrected chi connectivity index (χ3v) is 5.87. The van der Waals surface area contributed by atoms with Crippen molar-refractivity contribution in [2.45, 2.75) is 98.7 Å². The maximum atomic E-state index is 14.3. The summed E-state index contributed by atoms with van der Waals surface area (Å²) in [6.45, 7) is 12.0. The molecule has 1 saturated heterocycles. The van der Waals surface area contributed by atoms with Gasteiger partial charge in [0.05, 0.1) is 20.3 Å². The van der Waals surface area contributed by atoms with Gasteiger partial charge in [0.1, 0.15) is 5.76 Å². The quantitative estimate of drug-likeness (QED) is 0.353. The lowest BCUT2D eigenvalue weighted by Gasteiger charge is -2.29. The predicted molar refractivity (Wildman–Crippen MR) is 119 cm³/mol. The van der Waals surface area contributed by atoms with Crippen LogP contribution in [-0.2, 0) is 14.2 Å². The molecule has 2 rings (SSSR count). The third kappa shape index (κ3) is 9.05. The lowest BCUT2D eigenvalue weighted by molar-refractivity contribution is -0.181. The van der Waals surface area contributed by atoms with Gasteiger partial charge in [-0.25, -0.2) is 8.78 Å². The number of ether oxygens (including phenoxy) is 3. The lowest BCUT2D eigenvalue weighted by atomic mass is 9.87. The van der Waals surface area contributed by atoms with E-state index in [9.17, 15) is 8.78 Å². The van der Waals surface area contributed by atoms with Crippen molar-refractivity contribution in [2.75, 3.05) is 20.3 Å². The minimum absolute atomic E-state index is 0.0253. The predicted octanol–water partition coefficient (Wildman–Crippen LogP) is 7.87. The van der Waals surface area contributed by atoms with E-state index in [1.54, 1.807) is 0 Å². The summed E-state index contributed by atoms with van der Waals surface area (Å²) in [5.74, 6) is -0.341. The first-order valence-corrected chi connectivity index (χ1v) is 11.9. The summed E-state index contributed by atoms with van der Waals surface area (Å²) in [5.41, 5.74) is 0.582. The van der Waals surface area contributed by atoms with E-state index < -0.39 is 11.7 Å². The molecule has 0 bridgehead atoms. The fourth-order valence-electron chi connectivity index (χ4n) is 4.00. The van der Waals surface area contributed by atoms with Gasteiger partial charge in [-0.05, 0) is 61.9 Å². The molecular weight excluding hydrogens is 386 g/mol. The summed E-state index contributed by atoms with van der Waals surface area (Å²) < 4.78 is 44.9. The standard InChI is InChI=1S/C22H36F2O3.C3H8/c1-5-6-17-9-12-20(27-14-17)26-13-15(2)7-8-16(3)18-10-11-19(25-4)22(24)21(18)23;1-3-2/h15-17,20H,5-14H2,1-4H3;3H2,1-2H3. The van der Waals surface area contributed by atoms with Gasteiger partial charge in [0, 0.05) is 6.42 Å². The second kappa shape index (κ2) is 15.0. The van der Waals surface area contributed by atoms with Crippen LogP contribution in [-0.4, -0.2) is 26.6 Å². The second-order valence-corrected chi connectivity index (χ2v) is 8.90. The number of hydrogen-bond acceptors (Lipinski definition) is 3. The van der Waals surface area contributed by atoms with Crippen LogP contribution in [0.15, 0.2) is 23.0 Å². The molecule has 30 heavy (non-hydrogen) atoms. The molecule has 176 valence electrons. The van der Waals surface area contributed by atoms with E-state index >= 15 is 0 Å². The zero-order chi connectivity index (χ0) is 22.5. The van der Waals surface area contributed by atoms with E-state index in [4.69, 9.17) is 14.2 Å². The normalized spacial score (nSPS) is 24.3. The lowest BCUT2D eigenvalue weighted by Crippen LogP contribution is -2.29. The van der Waals surface area contributed by atoms with Gasteiger partial charge >= 0.3 is 0 Å². The summed E-state index contributed by atoms with van der Waals surface area (Å²) in [6.07, 6.45) is 8.48. The molecule has 1 fully saturated rings. The van der Waals surface area contributed by atoms with E-state index in [-0.39, 0.29) is 18.0 Å². The number of halogens is 2. The minimum atomic E-state index is -0.821. The zero-order valence-corrected chi connectivity index (χ0v) is 20.1. The monoisotopic (exact) mass is 430 g/mol. The highest BCUT2D eigenvalue weighted by atomic mass is 19.2. The van der Waals surface area contributed by atoms with Crippen molar-refractivity contribution < 1.29 is 23.0 Å². The van der Waals surface area contributed by atoms with Crippen LogP contribution in [0.5, 0.6) is 0 Å². The molecule has 3 nitrogen and oxygen atoms in total. The smallest absolute Gasteiger partial charge is 0.196 e. The maximum absolute atomic E-state index is 14.3. The molecule has 2 aliphatic rings. The van der Waals surface area contributed by atoms with Crippen LogP contribution in [0.3, 0.4) is 0 Å². The molecule has 1 aliphatic carbocycles. The molecule has 1 heterocycles. The molecular formula is C25H44F2O3. The third-order valence-electron chi connectivity index (χ3n) is 5.87. The Kier molecular flexibility index (Phi) is 13.5. The molecule has 4 unspecified atom stereocenters. The van der Waals surface area contributed by atoms with E-state index in [1.807, 2.05) is 6.92 Å². The summed E-state index contributed by atoms with van der Waals surface area (Å²) >= 11 is 0. The largest absolute Gasteiger partial charge is 0.498 e. The minimum Gasteiger partial charge on any atom is -0.498 e. The number of allylic oxidation sites excluding steroid dienone is 4. The highest BCUT2D eigenvalue weighted by molar-refractivity contribution is 5.33.